The molecule has 0 aromatic rings. The van der Waals surface area contributed by atoms with Gasteiger partial charge in [-0.15, -0.1) is 4.36 Å². The Morgan fingerprint density at radius 3 is 2.43 bits per heavy atom. The zero-order valence-electron chi connectivity index (χ0n) is 8.20. The van der Waals surface area contributed by atoms with Gasteiger partial charge >= 0.3 is 6.09 Å². The van der Waals surface area contributed by atoms with Gasteiger partial charge in [0.25, 0.3) is 5.91 Å². The highest BCUT2D eigenvalue weighted by Crippen LogP contribution is 2.05. The van der Waals surface area contributed by atoms with Gasteiger partial charge in [-0.1, -0.05) is 0 Å². The molecule has 0 atom stereocenters. The number of ether oxygens (including phenoxy) is 1. The van der Waals surface area contributed by atoms with Crippen LogP contribution < -0.4 is 5.32 Å². The molecule has 6 nitrogen and oxygen atoms in total. The van der Waals surface area contributed by atoms with Crippen molar-refractivity contribution in [2.75, 3.05) is 6.54 Å². The molecule has 0 aliphatic rings. The van der Waals surface area contributed by atoms with Gasteiger partial charge in [0.2, 0.25) is 11.5 Å². The Balaban J connectivity index is 3.86. The molecule has 0 heterocycles. The van der Waals surface area contributed by atoms with Crippen molar-refractivity contribution in [2.45, 2.75) is 26.4 Å². The lowest BCUT2D eigenvalue weighted by molar-refractivity contribution is -0.116. The summed E-state index contributed by atoms with van der Waals surface area (Å²) in [6, 6.07) is 0. The summed E-state index contributed by atoms with van der Waals surface area (Å²) < 4.78 is 17.6. The van der Waals surface area contributed by atoms with Crippen LogP contribution in [0.15, 0.2) is 4.36 Å². The van der Waals surface area contributed by atoms with Crippen molar-refractivity contribution in [3.8, 4) is 0 Å². The Bertz CT molecular complexity index is 278. The largest absolute Gasteiger partial charge is 0.444 e. The first-order valence-corrected chi connectivity index (χ1v) is 4.54. The topological polar surface area (TPSA) is 84.8 Å². The van der Waals surface area contributed by atoms with E-state index in [1.165, 1.54) is 0 Å². The van der Waals surface area contributed by atoms with Crippen LogP contribution in [0, 0.1) is 0 Å². The molecule has 0 fully saturated rings. The van der Waals surface area contributed by atoms with Gasteiger partial charge in [-0.3, -0.25) is 4.79 Å². The number of nitrogens with one attached hydrogen (secondary N) is 1. The number of nitrogens with zero attached hydrogens (tertiary/aromatic N) is 1. The first-order chi connectivity index (χ1) is 6.35. The summed E-state index contributed by atoms with van der Waals surface area (Å²) in [4.78, 5) is 21.6. The van der Waals surface area contributed by atoms with Crippen LogP contribution in [-0.2, 0) is 21.0 Å². The second-order valence-corrected chi connectivity index (χ2v) is 3.75. The molecule has 0 rings (SSSR count). The van der Waals surface area contributed by atoms with E-state index < -0.39 is 17.6 Å². The summed E-state index contributed by atoms with van der Waals surface area (Å²) in [5.41, 5.74) is -0.614. The third kappa shape index (κ3) is 7.41. The van der Waals surface area contributed by atoms with Gasteiger partial charge in [-0.25, -0.2) is 4.79 Å². The minimum Gasteiger partial charge on any atom is -0.444 e. The normalized spacial score (nSPS) is 10.2. The van der Waals surface area contributed by atoms with E-state index in [0.717, 1.165) is 0 Å². The number of carbonyl (C=O) groups is 2. The molecule has 80 valence electrons. The minimum atomic E-state index is -0.711. The van der Waals surface area contributed by atoms with Crippen molar-refractivity contribution in [3.05, 3.63) is 0 Å². The highest BCUT2D eigenvalue weighted by Gasteiger charge is 2.16. The monoisotopic (exact) mass is 220 g/mol. The second kappa shape index (κ2) is 5.48. The maximum atomic E-state index is 11.0. The first kappa shape index (κ1) is 12.8. The van der Waals surface area contributed by atoms with Gasteiger partial charge in [-0.05, 0) is 20.8 Å². The molecule has 0 unspecified atom stereocenters. The zero-order chi connectivity index (χ0) is 11.2. The summed E-state index contributed by atoms with van der Waals surface area (Å²) >= 11 is -0.192. The maximum absolute atomic E-state index is 11.0. The summed E-state index contributed by atoms with van der Waals surface area (Å²) in [6.45, 7) is 4.77. The van der Waals surface area contributed by atoms with Crippen molar-refractivity contribution in [1.29, 1.82) is 0 Å². The Morgan fingerprint density at radius 1 is 1.43 bits per heavy atom. The van der Waals surface area contributed by atoms with Gasteiger partial charge < -0.3 is 10.1 Å². The number of hydrogen-bond acceptors (Lipinski definition) is 4. The summed E-state index contributed by atoms with van der Waals surface area (Å²) in [7, 11) is 0. The zero-order valence-corrected chi connectivity index (χ0v) is 9.01. The number of carbonyl (C=O) groups excluding carboxylic acids is 2. The van der Waals surface area contributed by atoms with Crippen LogP contribution in [0.4, 0.5) is 4.79 Å². The van der Waals surface area contributed by atoms with Gasteiger partial charge in [0.1, 0.15) is 12.1 Å². The smallest absolute Gasteiger partial charge is 0.408 e. The van der Waals surface area contributed by atoms with Crippen molar-refractivity contribution in [2.24, 2.45) is 4.36 Å². The van der Waals surface area contributed by atoms with Crippen LogP contribution in [0.1, 0.15) is 20.8 Å². The highest BCUT2D eigenvalue weighted by atomic mass is 32.1. The van der Waals surface area contributed by atoms with E-state index in [1.54, 1.807) is 20.8 Å². The molecule has 7 heteroatoms. The van der Waals surface area contributed by atoms with Crippen LogP contribution in [-0.4, -0.2) is 28.4 Å². The molecule has 14 heavy (non-hydrogen) atoms. The van der Waals surface area contributed by atoms with Gasteiger partial charge in [0.05, 0.1) is 0 Å². The lowest BCUT2D eigenvalue weighted by Crippen LogP contribution is -2.35. The molecule has 0 aromatic carbocycles. The van der Waals surface area contributed by atoms with Crippen molar-refractivity contribution >= 4 is 23.5 Å². The molecule has 0 saturated carbocycles. The molecule has 1 N–H and O–H groups in total. The number of hydrogen-bond donors (Lipinski definition) is 1. The predicted molar refractivity (Wildman–Crippen MR) is 49.8 cm³/mol. The predicted octanol–water partition coefficient (Wildman–Crippen LogP) is 0.434. The van der Waals surface area contributed by atoms with Gasteiger partial charge in [0, 0.05) is 0 Å². The van der Waals surface area contributed by atoms with Crippen LogP contribution >= 0.6 is 0 Å². The number of alkyl carbamates (subject to hydrolysis) is 1. The van der Waals surface area contributed by atoms with Crippen LogP contribution in [0.25, 0.3) is 0 Å². The van der Waals surface area contributed by atoms with Gasteiger partial charge in [0.15, 0.2) is 0 Å². The molecule has 0 aliphatic carbocycles. The van der Waals surface area contributed by atoms with E-state index in [-0.39, 0.29) is 18.0 Å². The van der Waals surface area contributed by atoms with E-state index in [1.807, 2.05) is 0 Å². The van der Waals surface area contributed by atoms with E-state index in [0.29, 0.717) is 0 Å². The highest BCUT2D eigenvalue weighted by molar-refractivity contribution is 7.55. The van der Waals surface area contributed by atoms with Gasteiger partial charge in [-0.2, -0.15) is 4.21 Å². The van der Waals surface area contributed by atoms with E-state index >= 15 is 0 Å². The van der Waals surface area contributed by atoms with Crippen molar-refractivity contribution in [3.63, 3.8) is 0 Å². The third-order valence-corrected chi connectivity index (χ3v) is 1.20. The Kier molecular flexibility index (Phi) is 5.00. The number of amides is 2. The van der Waals surface area contributed by atoms with E-state index in [2.05, 4.69) is 9.68 Å². The van der Waals surface area contributed by atoms with Crippen molar-refractivity contribution < 1.29 is 18.5 Å². The molecule has 0 aliphatic heterocycles. The van der Waals surface area contributed by atoms with Crippen LogP contribution in [0.3, 0.4) is 0 Å². The molecule has 0 spiro atoms. The third-order valence-electron chi connectivity index (χ3n) is 0.922. The SMILES string of the molecule is CC(C)(C)OC(=O)NCC(=O)N=S=O. The fourth-order valence-electron chi connectivity index (χ4n) is 0.536. The quantitative estimate of drug-likeness (QED) is 0.731. The summed E-state index contributed by atoms with van der Waals surface area (Å²) in [5, 5.41) is 2.17. The van der Waals surface area contributed by atoms with Crippen LogP contribution in [0.2, 0.25) is 0 Å². The lowest BCUT2D eigenvalue weighted by atomic mass is 10.2. The molecular weight excluding hydrogens is 208 g/mol. The fourth-order valence-corrected chi connectivity index (χ4v) is 0.683. The molecular formula is C7H12N2O4S. The molecule has 0 radical (unpaired) electrons. The number of rotatable bonds is 2. The summed E-state index contributed by atoms with van der Waals surface area (Å²) in [6.07, 6.45) is -0.711. The Hall–Kier alpha value is -1.24. The molecule has 0 saturated heterocycles. The fraction of sp³-hybridized carbons (Fsp3) is 0.714. The maximum Gasteiger partial charge on any atom is 0.408 e. The average Bonchev–Trinajstić information content (AvgIpc) is 1.98. The first-order valence-electron chi connectivity index (χ1n) is 3.85. The lowest BCUT2D eigenvalue weighted by Gasteiger charge is -2.19. The van der Waals surface area contributed by atoms with Crippen molar-refractivity contribution in [1.82, 2.24) is 5.32 Å². The molecule has 0 aromatic heterocycles. The Labute approximate surface area is 85.3 Å². The summed E-state index contributed by atoms with van der Waals surface area (Å²) in [5.74, 6) is -0.698. The second-order valence-electron chi connectivity index (χ2n) is 3.42. The van der Waals surface area contributed by atoms with E-state index in [9.17, 15) is 13.8 Å². The average molecular weight is 220 g/mol. The molecule has 2 amide bonds. The van der Waals surface area contributed by atoms with E-state index in [4.69, 9.17) is 4.74 Å². The molecule has 0 bridgehead atoms. The minimum absolute atomic E-state index is 0.192. The standard InChI is InChI=1S/C7H12N2O4S/c1-7(2,3)13-6(11)8-4-5(10)9-14-12/h4H2,1-3H3,(H,8,11). The Morgan fingerprint density at radius 2 is 2.00 bits per heavy atom. The van der Waals surface area contributed by atoms with Crippen LogP contribution in [0.5, 0.6) is 0 Å².